The lowest BCUT2D eigenvalue weighted by Crippen LogP contribution is -2.23. The van der Waals surface area contributed by atoms with Crippen molar-refractivity contribution in [3.63, 3.8) is 0 Å². The van der Waals surface area contributed by atoms with Crippen molar-refractivity contribution in [1.29, 1.82) is 0 Å². The van der Waals surface area contributed by atoms with E-state index < -0.39 is 8.07 Å². The molecular formula is C17H26O4Si. The maximum atomic E-state index is 11.1. The predicted molar refractivity (Wildman–Crippen MR) is 89.6 cm³/mol. The number of ether oxygens (including phenoxy) is 3. The highest BCUT2D eigenvalue weighted by Crippen LogP contribution is 2.42. The summed E-state index contributed by atoms with van der Waals surface area (Å²) in [7, 11) is 0.481. The molecule has 1 aliphatic heterocycles. The van der Waals surface area contributed by atoms with Crippen molar-refractivity contribution in [2.24, 2.45) is 0 Å². The minimum absolute atomic E-state index is 0.305. The predicted octanol–water partition coefficient (Wildman–Crippen LogP) is 3.49. The van der Waals surface area contributed by atoms with Gasteiger partial charge in [0.05, 0.1) is 26.9 Å². The van der Waals surface area contributed by atoms with Gasteiger partial charge in [-0.1, -0.05) is 19.6 Å². The van der Waals surface area contributed by atoms with Gasteiger partial charge in [0.15, 0.2) is 0 Å². The molecular weight excluding hydrogens is 296 g/mol. The van der Waals surface area contributed by atoms with Crippen LogP contribution in [-0.4, -0.2) is 28.1 Å². The SMILES string of the molecule is COc1c(C)c2c(c(OCC[Si](C)(C)C)c1CC=O)COC2. The van der Waals surface area contributed by atoms with Gasteiger partial charge in [-0.3, -0.25) is 0 Å². The number of rotatable bonds is 7. The molecule has 0 aliphatic carbocycles. The number of carbonyl (C=O) groups excluding carboxylic acids is 1. The zero-order chi connectivity index (χ0) is 16.3. The molecule has 5 heteroatoms. The molecule has 0 saturated heterocycles. The van der Waals surface area contributed by atoms with Gasteiger partial charge in [-0.25, -0.2) is 0 Å². The summed E-state index contributed by atoms with van der Waals surface area (Å²) in [5, 5.41) is 0. The maximum absolute atomic E-state index is 11.1. The van der Waals surface area contributed by atoms with Crippen LogP contribution in [0, 0.1) is 6.92 Å². The fourth-order valence-electron chi connectivity index (χ4n) is 2.79. The molecule has 122 valence electrons. The zero-order valence-corrected chi connectivity index (χ0v) is 15.2. The van der Waals surface area contributed by atoms with Crippen LogP contribution in [0.1, 0.15) is 22.3 Å². The largest absolute Gasteiger partial charge is 0.496 e. The summed E-state index contributed by atoms with van der Waals surface area (Å²) < 4.78 is 17.3. The van der Waals surface area contributed by atoms with E-state index in [0.29, 0.717) is 26.2 Å². The second-order valence-corrected chi connectivity index (χ2v) is 12.6. The average molecular weight is 322 g/mol. The third-order valence-electron chi connectivity index (χ3n) is 4.06. The molecule has 4 nitrogen and oxygen atoms in total. The van der Waals surface area contributed by atoms with Gasteiger partial charge in [-0.15, -0.1) is 0 Å². The fourth-order valence-corrected chi connectivity index (χ4v) is 3.51. The quantitative estimate of drug-likeness (QED) is 0.569. The fraction of sp³-hybridized carbons (Fsp3) is 0.588. The molecule has 2 rings (SSSR count). The first-order valence-corrected chi connectivity index (χ1v) is 11.4. The molecule has 0 aromatic heterocycles. The van der Waals surface area contributed by atoms with E-state index in [9.17, 15) is 4.79 Å². The minimum atomic E-state index is -1.16. The Balaban J connectivity index is 2.41. The summed E-state index contributed by atoms with van der Waals surface area (Å²) in [6.45, 7) is 10.8. The lowest BCUT2D eigenvalue weighted by molar-refractivity contribution is -0.107. The Kier molecular flexibility index (Phi) is 5.29. The van der Waals surface area contributed by atoms with Gasteiger partial charge in [-0.2, -0.15) is 0 Å². The topological polar surface area (TPSA) is 44.8 Å². The van der Waals surface area contributed by atoms with Crippen molar-refractivity contribution in [2.75, 3.05) is 13.7 Å². The van der Waals surface area contributed by atoms with Crippen LogP contribution in [0.2, 0.25) is 25.7 Å². The van der Waals surface area contributed by atoms with Crippen LogP contribution < -0.4 is 9.47 Å². The molecule has 0 bridgehead atoms. The van der Waals surface area contributed by atoms with E-state index >= 15 is 0 Å². The van der Waals surface area contributed by atoms with E-state index in [1.54, 1.807) is 7.11 Å². The Labute approximate surface area is 133 Å². The van der Waals surface area contributed by atoms with Gasteiger partial charge in [0, 0.05) is 25.6 Å². The van der Waals surface area contributed by atoms with E-state index in [4.69, 9.17) is 14.2 Å². The van der Waals surface area contributed by atoms with Crippen molar-refractivity contribution in [3.8, 4) is 11.5 Å². The number of hydrogen-bond acceptors (Lipinski definition) is 4. The highest BCUT2D eigenvalue weighted by Gasteiger charge is 2.27. The molecule has 0 saturated carbocycles. The second kappa shape index (κ2) is 6.83. The highest BCUT2D eigenvalue weighted by molar-refractivity contribution is 6.76. The molecule has 22 heavy (non-hydrogen) atoms. The molecule has 0 fully saturated rings. The van der Waals surface area contributed by atoms with Crippen LogP contribution in [0.5, 0.6) is 11.5 Å². The van der Waals surface area contributed by atoms with E-state index in [1.165, 1.54) is 0 Å². The number of hydrogen-bond donors (Lipinski definition) is 0. The van der Waals surface area contributed by atoms with Crippen molar-refractivity contribution in [3.05, 3.63) is 22.3 Å². The second-order valence-electron chi connectivity index (χ2n) is 6.95. The number of carbonyl (C=O) groups is 1. The van der Waals surface area contributed by atoms with Crippen LogP contribution in [-0.2, 0) is 29.2 Å². The zero-order valence-electron chi connectivity index (χ0n) is 14.2. The maximum Gasteiger partial charge on any atom is 0.132 e. The van der Waals surface area contributed by atoms with Gasteiger partial charge in [-0.05, 0) is 24.1 Å². The van der Waals surface area contributed by atoms with Gasteiger partial charge < -0.3 is 19.0 Å². The first-order chi connectivity index (χ1) is 10.4. The number of fused-ring (bicyclic) bond motifs is 1. The minimum Gasteiger partial charge on any atom is -0.496 e. The molecule has 1 aromatic carbocycles. The summed E-state index contributed by atoms with van der Waals surface area (Å²) in [6, 6.07) is 1.08. The summed E-state index contributed by atoms with van der Waals surface area (Å²) in [5.74, 6) is 1.57. The Morgan fingerprint density at radius 3 is 2.45 bits per heavy atom. The average Bonchev–Trinajstić information content (AvgIpc) is 2.91. The molecule has 0 atom stereocenters. The van der Waals surface area contributed by atoms with Crippen molar-refractivity contribution in [2.45, 2.75) is 52.2 Å². The van der Waals surface area contributed by atoms with Crippen molar-refractivity contribution < 1.29 is 19.0 Å². The number of aldehydes is 1. The number of methoxy groups -OCH3 is 1. The van der Waals surface area contributed by atoms with Gasteiger partial charge >= 0.3 is 0 Å². The molecule has 1 aromatic rings. The van der Waals surface area contributed by atoms with Crippen LogP contribution in [0.25, 0.3) is 0 Å². The van der Waals surface area contributed by atoms with Crippen LogP contribution in [0.15, 0.2) is 0 Å². The van der Waals surface area contributed by atoms with Crippen LogP contribution in [0.4, 0.5) is 0 Å². The molecule has 0 unspecified atom stereocenters. The molecule has 0 spiro atoms. The van der Waals surface area contributed by atoms with Crippen molar-refractivity contribution in [1.82, 2.24) is 0 Å². The Hall–Kier alpha value is -1.33. The summed E-state index contributed by atoms with van der Waals surface area (Å²) in [4.78, 5) is 11.1. The standard InChI is InChI=1S/C17H26O4Si/c1-12-14-10-20-11-15(14)17(21-8-9-22(3,4)5)13(6-7-18)16(12)19-2/h7H,6,8-11H2,1-5H3. The van der Waals surface area contributed by atoms with E-state index in [-0.39, 0.29) is 0 Å². The third kappa shape index (κ3) is 3.52. The third-order valence-corrected chi connectivity index (χ3v) is 5.77. The molecule has 1 heterocycles. The Morgan fingerprint density at radius 1 is 1.18 bits per heavy atom. The first kappa shape index (κ1) is 17.0. The van der Waals surface area contributed by atoms with Crippen molar-refractivity contribution >= 4 is 14.4 Å². The Bertz CT molecular complexity index is 561. The lowest BCUT2D eigenvalue weighted by Gasteiger charge is -2.22. The lowest BCUT2D eigenvalue weighted by atomic mass is 9.96. The first-order valence-electron chi connectivity index (χ1n) is 7.74. The van der Waals surface area contributed by atoms with E-state index in [0.717, 1.165) is 46.1 Å². The molecule has 0 N–H and O–H groups in total. The summed E-state index contributed by atoms with van der Waals surface area (Å²) in [6.07, 6.45) is 1.21. The van der Waals surface area contributed by atoms with Crippen LogP contribution >= 0.6 is 0 Å². The Morgan fingerprint density at radius 2 is 1.86 bits per heavy atom. The smallest absolute Gasteiger partial charge is 0.132 e. The van der Waals surface area contributed by atoms with Gasteiger partial charge in [0.2, 0.25) is 0 Å². The normalized spacial score (nSPS) is 13.9. The summed E-state index contributed by atoms with van der Waals surface area (Å²) >= 11 is 0. The van der Waals surface area contributed by atoms with Crippen LogP contribution in [0.3, 0.4) is 0 Å². The highest BCUT2D eigenvalue weighted by atomic mass is 28.3. The monoisotopic (exact) mass is 322 g/mol. The number of benzene rings is 1. The van der Waals surface area contributed by atoms with Gasteiger partial charge in [0.25, 0.3) is 0 Å². The summed E-state index contributed by atoms with van der Waals surface area (Å²) in [5.41, 5.74) is 4.15. The van der Waals surface area contributed by atoms with E-state index in [2.05, 4.69) is 19.6 Å². The molecule has 1 aliphatic rings. The van der Waals surface area contributed by atoms with E-state index in [1.807, 2.05) is 6.92 Å². The molecule has 0 amide bonds. The van der Waals surface area contributed by atoms with Gasteiger partial charge in [0.1, 0.15) is 17.8 Å². The molecule has 0 radical (unpaired) electrons.